The van der Waals surface area contributed by atoms with Crippen LogP contribution in [-0.4, -0.2) is 38.3 Å². The molecule has 1 fully saturated rings. The molecule has 7 heteroatoms. The summed E-state index contributed by atoms with van der Waals surface area (Å²) in [5.74, 6) is -0.0828. The Kier molecular flexibility index (Phi) is 5.84. The molecule has 0 spiro atoms. The van der Waals surface area contributed by atoms with Gasteiger partial charge >= 0.3 is 0 Å². The summed E-state index contributed by atoms with van der Waals surface area (Å²) < 4.78 is 33.6. The van der Waals surface area contributed by atoms with Gasteiger partial charge < -0.3 is 10.1 Å². The number of rotatable bonds is 5. The van der Waals surface area contributed by atoms with Crippen molar-refractivity contribution >= 4 is 21.6 Å². The number of sulfonamides is 1. The van der Waals surface area contributed by atoms with Crippen molar-refractivity contribution in [3.63, 3.8) is 0 Å². The summed E-state index contributed by atoms with van der Waals surface area (Å²) in [6, 6.07) is 10.5. The first-order chi connectivity index (χ1) is 14.4. The Hall–Kier alpha value is -2.38. The molecule has 2 aromatic carbocycles. The third kappa shape index (κ3) is 3.96. The number of benzene rings is 2. The Morgan fingerprint density at radius 3 is 2.63 bits per heavy atom. The third-order valence-electron chi connectivity index (χ3n) is 6.11. The zero-order chi connectivity index (χ0) is 21.3. The van der Waals surface area contributed by atoms with E-state index in [0.29, 0.717) is 12.1 Å². The number of nitrogens with one attached hydrogen (secondary N) is 1. The SMILES string of the molecule is COc1ccc(C(=O)Nc2ccc3c(c2)CCC3)cc1S(=O)(=O)N1CCCC[C@@H]1C. The Morgan fingerprint density at radius 1 is 1.07 bits per heavy atom. The first-order valence-corrected chi connectivity index (χ1v) is 12.0. The van der Waals surface area contributed by atoms with E-state index in [1.807, 2.05) is 19.1 Å². The van der Waals surface area contributed by atoms with Gasteiger partial charge in [-0.2, -0.15) is 4.31 Å². The van der Waals surface area contributed by atoms with E-state index in [1.54, 1.807) is 12.1 Å². The lowest BCUT2D eigenvalue weighted by Crippen LogP contribution is -2.42. The van der Waals surface area contributed by atoms with E-state index in [1.165, 1.54) is 28.6 Å². The van der Waals surface area contributed by atoms with Gasteiger partial charge in [-0.05, 0) is 80.5 Å². The maximum absolute atomic E-state index is 13.4. The van der Waals surface area contributed by atoms with Crippen LogP contribution in [0.3, 0.4) is 0 Å². The van der Waals surface area contributed by atoms with Crippen LogP contribution < -0.4 is 10.1 Å². The molecule has 0 saturated carbocycles. The minimum absolute atomic E-state index is 0.0420. The number of aryl methyl sites for hydroxylation is 2. The van der Waals surface area contributed by atoms with Crippen LogP contribution in [-0.2, 0) is 22.9 Å². The minimum Gasteiger partial charge on any atom is -0.495 e. The Bertz CT molecular complexity index is 1060. The lowest BCUT2D eigenvalue weighted by molar-refractivity contribution is 0.102. The molecule has 1 aliphatic heterocycles. The molecule has 1 saturated heterocycles. The number of carbonyl (C=O) groups excluding carboxylic acids is 1. The van der Waals surface area contributed by atoms with Gasteiger partial charge in [-0.15, -0.1) is 0 Å². The third-order valence-corrected chi connectivity index (χ3v) is 8.15. The van der Waals surface area contributed by atoms with Gasteiger partial charge in [0.25, 0.3) is 5.91 Å². The van der Waals surface area contributed by atoms with Crippen molar-refractivity contribution in [2.45, 2.75) is 56.4 Å². The lowest BCUT2D eigenvalue weighted by atomic mass is 10.1. The van der Waals surface area contributed by atoms with E-state index in [-0.39, 0.29) is 22.6 Å². The fourth-order valence-electron chi connectivity index (χ4n) is 4.43. The summed E-state index contributed by atoms with van der Waals surface area (Å²) in [5, 5.41) is 2.90. The van der Waals surface area contributed by atoms with Gasteiger partial charge in [0.15, 0.2) is 0 Å². The van der Waals surface area contributed by atoms with E-state index < -0.39 is 10.0 Å². The minimum atomic E-state index is -3.76. The Labute approximate surface area is 178 Å². The molecule has 0 aromatic heterocycles. The number of hydrogen-bond acceptors (Lipinski definition) is 4. The molecule has 2 aromatic rings. The number of amides is 1. The molecule has 4 rings (SSSR count). The van der Waals surface area contributed by atoms with Crippen molar-refractivity contribution in [3.8, 4) is 5.75 Å². The molecule has 1 heterocycles. The van der Waals surface area contributed by atoms with Gasteiger partial charge in [-0.3, -0.25) is 4.79 Å². The van der Waals surface area contributed by atoms with Crippen LogP contribution in [0.15, 0.2) is 41.3 Å². The van der Waals surface area contributed by atoms with Crippen LogP contribution in [0.4, 0.5) is 5.69 Å². The maximum Gasteiger partial charge on any atom is 0.255 e. The summed E-state index contributed by atoms with van der Waals surface area (Å²) in [5.41, 5.74) is 3.62. The Balaban J connectivity index is 1.63. The van der Waals surface area contributed by atoms with E-state index in [2.05, 4.69) is 11.4 Å². The van der Waals surface area contributed by atoms with Gasteiger partial charge in [0.1, 0.15) is 10.6 Å². The number of nitrogens with zero attached hydrogens (tertiary/aromatic N) is 1. The molecule has 1 N–H and O–H groups in total. The van der Waals surface area contributed by atoms with Crippen LogP contribution in [0.2, 0.25) is 0 Å². The summed E-state index contributed by atoms with van der Waals surface area (Å²) in [7, 11) is -2.32. The van der Waals surface area contributed by atoms with Gasteiger partial charge in [-0.25, -0.2) is 8.42 Å². The summed E-state index contributed by atoms with van der Waals surface area (Å²) >= 11 is 0. The van der Waals surface area contributed by atoms with E-state index in [4.69, 9.17) is 4.74 Å². The first-order valence-electron chi connectivity index (χ1n) is 10.5. The average molecular weight is 429 g/mol. The smallest absolute Gasteiger partial charge is 0.255 e. The molecule has 160 valence electrons. The van der Waals surface area contributed by atoms with Crippen molar-refractivity contribution in [1.82, 2.24) is 4.31 Å². The predicted octanol–water partition coefficient (Wildman–Crippen LogP) is 4.00. The van der Waals surface area contributed by atoms with Crippen LogP contribution in [0.25, 0.3) is 0 Å². The molecule has 1 atom stereocenters. The fourth-order valence-corrected chi connectivity index (χ4v) is 6.31. The van der Waals surface area contributed by atoms with Gasteiger partial charge in [0.05, 0.1) is 7.11 Å². The van der Waals surface area contributed by atoms with Crippen LogP contribution in [0.1, 0.15) is 54.1 Å². The molecule has 1 aliphatic carbocycles. The number of fused-ring (bicyclic) bond motifs is 1. The molecule has 0 bridgehead atoms. The molecule has 2 aliphatic rings. The highest BCUT2D eigenvalue weighted by Crippen LogP contribution is 2.32. The zero-order valence-corrected chi connectivity index (χ0v) is 18.3. The maximum atomic E-state index is 13.4. The lowest BCUT2D eigenvalue weighted by Gasteiger charge is -2.32. The normalized spacial score (nSPS) is 19.3. The second kappa shape index (κ2) is 8.40. The largest absolute Gasteiger partial charge is 0.495 e. The summed E-state index contributed by atoms with van der Waals surface area (Å²) in [6.45, 7) is 2.41. The van der Waals surface area contributed by atoms with E-state index in [0.717, 1.165) is 44.2 Å². The summed E-state index contributed by atoms with van der Waals surface area (Å²) in [4.78, 5) is 12.9. The van der Waals surface area contributed by atoms with Crippen molar-refractivity contribution < 1.29 is 17.9 Å². The van der Waals surface area contributed by atoms with Crippen molar-refractivity contribution in [3.05, 3.63) is 53.1 Å². The summed E-state index contributed by atoms with van der Waals surface area (Å²) in [6.07, 6.45) is 5.94. The van der Waals surface area contributed by atoms with Crippen LogP contribution in [0, 0.1) is 0 Å². The number of piperidine rings is 1. The van der Waals surface area contributed by atoms with Crippen molar-refractivity contribution in [2.24, 2.45) is 0 Å². The highest BCUT2D eigenvalue weighted by atomic mass is 32.2. The van der Waals surface area contributed by atoms with Crippen molar-refractivity contribution in [1.29, 1.82) is 0 Å². The first kappa shape index (κ1) is 20.9. The highest BCUT2D eigenvalue weighted by molar-refractivity contribution is 7.89. The van der Waals surface area contributed by atoms with Gasteiger partial charge in [-0.1, -0.05) is 12.5 Å². The molecule has 0 radical (unpaired) electrons. The number of anilines is 1. The monoisotopic (exact) mass is 428 g/mol. The zero-order valence-electron chi connectivity index (χ0n) is 17.5. The topological polar surface area (TPSA) is 75.7 Å². The number of ether oxygens (including phenoxy) is 1. The van der Waals surface area contributed by atoms with Crippen LogP contribution in [0.5, 0.6) is 5.75 Å². The molecule has 6 nitrogen and oxygen atoms in total. The van der Waals surface area contributed by atoms with Crippen LogP contribution >= 0.6 is 0 Å². The quantitative estimate of drug-likeness (QED) is 0.781. The fraction of sp³-hybridized carbons (Fsp3) is 0.435. The van der Waals surface area contributed by atoms with Gasteiger partial charge in [0, 0.05) is 23.8 Å². The van der Waals surface area contributed by atoms with E-state index in [9.17, 15) is 13.2 Å². The second-order valence-corrected chi connectivity index (χ2v) is 9.98. The average Bonchev–Trinajstić information content (AvgIpc) is 3.21. The molecular weight excluding hydrogens is 400 g/mol. The van der Waals surface area contributed by atoms with Gasteiger partial charge in [0.2, 0.25) is 10.0 Å². The second-order valence-electron chi connectivity index (χ2n) is 8.12. The Morgan fingerprint density at radius 2 is 1.87 bits per heavy atom. The molecular formula is C23H28N2O4S. The standard InChI is InChI=1S/C23H28N2O4S/c1-16-6-3-4-13-25(16)30(27,28)22-15-19(10-12-21(22)29-2)23(26)24-20-11-9-17-7-5-8-18(17)14-20/h9-12,14-16H,3-8,13H2,1-2H3,(H,24,26)/t16-/m0/s1. The number of hydrogen-bond donors (Lipinski definition) is 1. The molecule has 30 heavy (non-hydrogen) atoms. The number of methoxy groups -OCH3 is 1. The molecule has 1 amide bonds. The molecule has 0 unspecified atom stereocenters. The van der Waals surface area contributed by atoms with Crippen molar-refractivity contribution in [2.75, 3.05) is 19.0 Å². The van der Waals surface area contributed by atoms with E-state index >= 15 is 0 Å². The predicted molar refractivity (Wildman–Crippen MR) is 117 cm³/mol. The highest BCUT2D eigenvalue weighted by Gasteiger charge is 2.33. The number of carbonyl (C=O) groups is 1.